The molecule has 1 saturated heterocycles. The number of hydrogen-bond acceptors (Lipinski definition) is 8. The molecule has 1 amide bonds. The minimum absolute atomic E-state index is 0.0467. The third kappa shape index (κ3) is 5.02. The summed E-state index contributed by atoms with van der Waals surface area (Å²) in [4.78, 5) is 29.3. The Bertz CT molecular complexity index is 1010. The molecule has 9 heteroatoms. The molecule has 0 saturated carbocycles. The van der Waals surface area contributed by atoms with E-state index in [2.05, 4.69) is 27.1 Å². The van der Waals surface area contributed by atoms with Crippen LogP contribution in [0.3, 0.4) is 0 Å². The third-order valence-corrected chi connectivity index (χ3v) is 7.72. The molecule has 0 bridgehead atoms. The Morgan fingerprint density at radius 2 is 2.28 bits per heavy atom. The van der Waals surface area contributed by atoms with E-state index in [1.807, 2.05) is 30.5 Å². The average molecular weight is 446 g/mol. The molecule has 3 heterocycles. The molecule has 1 aliphatic heterocycles. The summed E-state index contributed by atoms with van der Waals surface area (Å²) in [7, 11) is 0. The minimum Gasteiger partial charge on any atom is -0.348 e. The Morgan fingerprint density at radius 1 is 1.38 bits per heavy atom. The predicted octanol–water partition coefficient (Wildman–Crippen LogP) is 4.78. The second kappa shape index (κ2) is 9.32. The average Bonchev–Trinajstić information content (AvgIpc) is 3.17. The highest BCUT2D eigenvalue weighted by atomic mass is 32.2. The molecular weight excluding hydrogens is 422 g/mol. The molecule has 1 atom stereocenters. The van der Waals surface area contributed by atoms with Crippen molar-refractivity contribution in [3.8, 4) is 0 Å². The number of thioether (sulfide) groups is 2. The van der Waals surface area contributed by atoms with Crippen LogP contribution in [-0.2, 0) is 4.79 Å². The van der Waals surface area contributed by atoms with Crippen LogP contribution in [0.15, 0.2) is 40.5 Å². The number of piperidine rings is 1. The SMILES string of the molecule is CSc1cccc(NC(=O)CSc2ncnc3nc(N4CCC[C@H](C)C4)sc23)c1. The van der Waals surface area contributed by atoms with Crippen molar-refractivity contribution < 1.29 is 4.79 Å². The van der Waals surface area contributed by atoms with Crippen LogP contribution in [0.2, 0.25) is 0 Å². The van der Waals surface area contributed by atoms with Gasteiger partial charge in [-0.2, -0.15) is 4.98 Å². The van der Waals surface area contributed by atoms with Crippen molar-refractivity contribution in [1.82, 2.24) is 15.0 Å². The lowest BCUT2D eigenvalue weighted by molar-refractivity contribution is -0.113. The Hall–Kier alpha value is -1.84. The van der Waals surface area contributed by atoms with Crippen LogP contribution in [0.5, 0.6) is 0 Å². The topological polar surface area (TPSA) is 71.0 Å². The van der Waals surface area contributed by atoms with E-state index in [4.69, 9.17) is 4.98 Å². The fourth-order valence-corrected chi connectivity index (χ4v) is 5.74. The molecule has 0 unspecified atom stereocenters. The molecule has 1 aliphatic rings. The Kier molecular flexibility index (Phi) is 6.56. The molecule has 6 nitrogen and oxygen atoms in total. The number of aromatic nitrogens is 3. The predicted molar refractivity (Wildman–Crippen MR) is 123 cm³/mol. The Morgan fingerprint density at radius 3 is 3.10 bits per heavy atom. The zero-order valence-electron chi connectivity index (χ0n) is 16.4. The summed E-state index contributed by atoms with van der Waals surface area (Å²) in [5.41, 5.74) is 1.53. The molecule has 4 rings (SSSR count). The summed E-state index contributed by atoms with van der Waals surface area (Å²) >= 11 is 4.71. The van der Waals surface area contributed by atoms with Crippen LogP contribution in [0.4, 0.5) is 10.8 Å². The van der Waals surface area contributed by atoms with Crippen LogP contribution >= 0.6 is 34.9 Å². The molecule has 152 valence electrons. The van der Waals surface area contributed by atoms with Crippen molar-refractivity contribution in [3.05, 3.63) is 30.6 Å². The number of amides is 1. The molecule has 1 N–H and O–H groups in total. The first-order chi connectivity index (χ1) is 14.1. The van der Waals surface area contributed by atoms with Crippen LogP contribution in [-0.4, -0.2) is 46.0 Å². The number of nitrogens with one attached hydrogen (secondary N) is 1. The monoisotopic (exact) mass is 445 g/mol. The maximum absolute atomic E-state index is 12.4. The van der Waals surface area contributed by atoms with Gasteiger partial charge in [0.15, 0.2) is 10.8 Å². The normalized spacial score (nSPS) is 16.9. The molecule has 0 aliphatic carbocycles. The summed E-state index contributed by atoms with van der Waals surface area (Å²) in [5, 5.41) is 4.78. The van der Waals surface area contributed by atoms with Gasteiger partial charge < -0.3 is 10.2 Å². The smallest absolute Gasteiger partial charge is 0.234 e. The van der Waals surface area contributed by atoms with Crippen molar-refractivity contribution in [1.29, 1.82) is 0 Å². The summed E-state index contributed by atoms with van der Waals surface area (Å²) in [6.07, 6.45) is 6.03. The van der Waals surface area contributed by atoms with Gasteiger partial charge in [0.2, 0.25) is 5.91 Å². The van der Waals surface area contributed by atoms with Gasteiger partial charge in [0, 0.05) is 23.7 Å². The molecule has 0 spiro atoms. The van der Waals surface area contributed by atoms with Gasteiger partial charge in [-0.15, -0.1) is 11.8 Å². The van der Waals surface area contributed by atoms with E-state index >= 15 is 0 Å². The van der Waals surface area contributed by atoms with E-state index < -0.39 is 0 Å². The van der Waals surface area contributed by atoms with E-state index in [0.29, 0.717) is 17.3 Å². The summed E-state index contributed by atoms with van der Waals surface area (Å²) in [6.45, 7) is 4.36. The van der Waals surface area contributed by atoms with Gasteiger partial charge in [-0.05, 0) is 43.2 Å². The minimum atomic E-state index is -0.0467. The van der Waals surface area contributed by atoms with E-state index in [-0.39, 0.29) is 5.91 Å². The van der Waals surface area contributed by atoms with E-state index in [9.17, 15) is 4.79 Å². The van der Waals surface area contributed by atoms with Gasteiger partial charge in [-0.25, -0.2) is 9.97 Å². The molecule has 0 radical (unpaired) electrons. The van der Waals surface area contributed by atoms with Gasteiger partial charge in [0.1, 0.15) is 16.1 Å². The first-order valence-electron chi connectivity index (χ1n) is 9.55. The number of benzene rings is 1. The first-order valence-corrected chi connectivity index (χ1v) is 12.6. The van der Waals surface area contributed by atoms with E-state index in [1.165, 1.54) is 30.9 Å². The lowest BCUT2D eigenvalue weighted by atomic mass is 10.0. The summed E-state index contributed by atoms with van der Waals surface area (Å²) in [6, 6.07) is 7.85. The maximum atomic E-state index is 12.4. The van der Waals surface area contributed by atoms with Crippen LogP contribution in [0, 0.1) is 5.92 Å². The highest BCUT2D eigenvalue weighted by Crippen LogP contribution is 2.35. The van der Waals surface area contributed by atoms with Crippen molar-refractivity contribution >= 4 is 61.9 Å². The molecular formula is C20H23N5OS3. The number of hydrogen-bond donors (Lipinski definition) is 1. The van der Waals surface area contributed by atoms with Crippen LogP contribution < -0.4 is 10.2 Å². The number of carbonyl (C=O) groups excluding carboxylic acids is 1. The quantitative estimate of drug-likeness (QED) is 0.433. The van der Waals surface area contributed by atoms with Crippen molar-refractivity contribution in [2.75, 3.05) is 35.3 Å². The first kappa shape index (κ1) is 20.4. The number of fused-ring (bicyclic) bond motifs is 1. The molecule has 1 aromatic carbocycles. The number of rotatable bonds is 6. The second-order valence-electron chi connectivity index (χ2n) is 7.09. The van der Waals surface area contributed by atoms with Crippen molar-refractivity contribution in [2.24, 2.45) is 5.92 Å². The third-order valence-electron chi connectivity index (χ3n) is 4.77. The zero-order valence-corrected chi connectivity index (χ0v) is 18.9. The largest absolute Gasteiger partial charge is 0.348 e. The van der Waals surface area contributed by atoms with Gasteiger partial charge in [-0.3, -0.25) is 4.79 Å². The van der Waals surface area contributed by atoms with Gasteiger partial charge in [0.25, 0.3) is 0 Å². The van der Waals surface area contributed by atoms with Crippen LogP contribution in [0.25, 0.3) is 10.3 Å². The molecule has 29 heavy (non-hydrogen) atoms. The maximum Gasteiger partial charge on any atom is 0.234 e. The number of carbonyl (C=O) groups is 1. The zero-order chi connectivity index (χ0) is 20.2. The number of thiazole rings is 1. The van der Waals surface area contributed by atoms with Crippen molar-refractivity contribution in [2.45, 2.75) is 29.7 Å². The fourth-order valence-electron chi connectivity index (χ4n) is 3.36. The number of nitrogens with zero attached hydrogens (tertiary/aromatic N) is 4. The summed E-state index contributed by atoms with van der Waals surface area (Å²) in [5.74, 6) is 0.933. The van der Waals surface area contributed by atoms with E-state index in [1.54, 1.807) is 23.1 Å². The standard InChI is InChI=1S/C20H23N5OS3/c1-13-5-4-8-25(10-13)20-24-18-17(29-20)19(22-12-21-18)28-11-16(26)23-14-6-3-7-15(9-14)27-2/h3,6-7,9,12-13H,4-5,8,10-11H2,1-2H3,(H,23,26)/t13-/m0/s1. The van der Waals surface area contributed by atoms with Crippen molar-refractivity contribution in [3.63, 3.8) is 0 Å². The lowest BCUT2D eigenvalue weighted by Crippen LogP contribution is -2.34. The Balaban J connectivity index is 1.44. The lowest BCUT2D eigenvalue weighted by Gasteiger charge is -2.30. The Labute approximate surface area is 182 Å². The molecule has 1 fully saturated rings. The van der Waals surface area contributed by atoms with Gasteiger partial charge in [-0.1, -0.05) is 36.1 Å². The van der Waals surface area contributed by atoms with Crippen LogP contribution in [0.1, 0.15) is 19.8 Å². The fraction of sp³-hybridized carbons (Fsp3) is 0.400. The molecule has 3 aromatic rings. The summed E-state index contributed by atoms with van der Waals surface area (Å²) < 4.78 is 0.961. The van der Waals surface area contributed by atoms with Gasteiger partial charge >= 0.3 is 0 Å². The highest BCUT2D eigenvalue weighted by molar-refractivity contribution is 8.00. The highest BCUT2D eigenvalue weighted by Gasteiger charge is 2.21. The van der Waals surface area contributed by atoms with E-state index in [0.717, 1.165) is 38.5 Å². The molecule has 2 aromatic heterocycles. The van der Waals surface area contributed by atoms with Gasteiger partial charge in [0.05, 0.1) is 5.75 Å². The number of anilines is 2. The second-order valence-corrected chi connectivity index (χ2v) is 9.91.